The third kappa shape index (κ3) is 3.40. The minimum absolute atomic E-state index is 0.0341. The van der Waals surface area contributed by atoms with E-state index in [1.165, 1.54) is 0 Å². The molecule has 2 aromatic carbocycles. The largest absolute Gasteiger partial charge is 0.360 e. The van der Waals surface area contributed by atoms with Crippen LogP contribution in [0.2, 0.25) is 0 Å². The Balaban J connectivity index is 1.82. The van der Waals surface area contributed by atoms with Crippen LogP contribution in [0.4, 0.5) is 5.69 Å². The number of fused-ring (bicyclic) bond motifs is 1. The second-order valence-corrected chi connectivity index (χ2v) is 5.76. The Morgan fingerprint density at radius 2 is 1.80 bits per heavy atom. The molecule has 0 atom stereocenters. The summed E-state index contributed by atoms with van der Waals surface area (Å²) in [6.45, 7) is 5.20. The fourth-order valence-corrected chi connectivity index (χ4v) is 2.88. The summed E-state index contributed by atoms with van der Waals surface area (Å²) < 4.78 is 0. The molecule has 0 saturated carbocycles. The lowest BCUT2D eigenvalue weighted by Crippen LogP contribution is -2.30. The van der Waals surface area contributed by atoms with Crippen molar-refractivity contribution in [1.29, 1.82) is 0 Å². The van der Waals surface area contributed by atoms with Crippen molar-refractivity contribution in [2.24, 2.45) is 0 Å². The molecule has 5 heteroatoms. The maximum atomic E-state index is 12.6. The molecule has 1 heterocycles. The van der Waals surface area contributed by atoms with Gasteiger partial charge in [-0.25, -0.2) is 0 Å². The molecule has 0 unspecified atom stereocenters. The second-order valence-electron chi connectivity index (χ2n) is 5.76. The van der Waals surface area contributed by atoms with Gasteiger partial charge in [0.25, 0.3) is 11.8 Å². The number of aromatic nitrogens is 1. The van der Waals surface area contributed by atoms with Crippen molar-refractivity contribution < 1.29 is 9.59 Å². The van der Waals surface area contributed by atoms with E-state index >= 15 is 0 Å². The molecule has 0 aliphatic heterocycles. The molecule has 3 rings (SSSR count). The summed E-state index contributed by atoms with van der Waals surface area (Å²) in [7, 11) is 0. The van der Waals surface area contributed by atoms with Crippen molar-refractivity contribution in [2.75, 3.05) is 18.4 Å². The van der Waals surface area contributed by atoms with Gasteiger partial charge in [0.2, 0.25) is 0 Å². The molecule has 5 nitrogen and oxygen atoms in total. The van der Waals surface area contributed by atoms with E-state index in [9.17, 15) is 9.59 Å². The van der Waals surface area contributed by atoms with Crippen LogP contribution in [0, 0.1) is 0 Å². The first kappa shape index (κ1) is 16.8. The quantitative estimate of drug-likeness (QED) is 0.742. The molecule has 2 N–H and O–H groups in total. The van der Waals surface area contributed by atoms with E-state index in [4.69, 9.17) is 0 Å². The molecular formula is C20H21N3O2. The molecule has 0 radical (unpaired) electrons. The van der Waals surface area contributed by atoms with Gasteiger partial charge in [0.05, 0.1) is 5.56 Å². The first-order valence-electron chi connectivity index (χ1n) is 8.40. The Bertz CT molecular complexity index is 910. The summed E-state index contributed by atoms with van der Waals surface area (Å²) in [5, 5.41) is 3.75. The number of amides is 2. The van der Waals surface area contributed by atoms with Gasteiger partial charge in [-0.1, -0.05) is 24.3 Å². The molecule has 0 aliphatic carbocycles. The first-order valence-corrected chi connectivity index (χ1v) is 8.40. The van der Waals surface area contributed by atoms with E-state index in [-0.39, 0.29) is 11.8 Å². The van der Waals surface area contributed by atoms with Gasteiger partial charge < -0.3 is 15.2 Å². The maximum absolute atomic E-state index is 12.6. The number of para-hydroxylation sites is 1. The Morgan fingerprint density at radius 3 is 2.56 bits per heavy atom. The van der Waals surface area contributed by atoms with Crippen molar-refractivity contribution >= 4 is 28.4 Å². The number of benzene rings is 2. The zero-order valence-corrected chi connectivity index (χ0v) is 14.4. The van der Waals surface area contributed by atoms with Crippen LogP contribution in [-0.4, -0.2) is 34.8 Å². The van der Waals surface area contributed by atoms with Crippen molar-refractivity contribution in [3.05, 3.63) is 65.9 Å². The zero-order chi connectivity index (χ0) is 17.8. The topological polar surface area (TPSA) is 65.2 Å². The van der Waals surface area contributed by atoms with Gasteiger partial charge in [0.1, 0.15) is 0 Å². The lowest BCUT2D eigenvalue weighted by atomic mass is 10.1. The summed E-state index contributed by atoms with van der Waals surface area (Å²) in [5.41, 5.74) is 2.67. The monoisotopic (exact) mass is 335 g/mol. The lowest BCUT2D eigenvalue weighted by Gasteiger charge is -2.19. The highest BCUT2D eigenvalue weighted by Gasteiger charge is 2.15. The van der Waals surface area contributed by atoms with Gasteiger partial charge in [-0.3, -0.25) is 9.59 Å². The van der Waals surface area contributed by atoms with Crippen molar-refractivity contribution in [3.8, 4) is 0 Å². The van der Waals surface area contributed by atoms with Gasteiger partial charge in [-0.05, 0) is 38.1 Å². The molecular weight excluding hydrogens is 314 g/mol. The Hall–Kier alpha value is -3.08. The average Bonchev–Trinajstić information content (AvgIpc) is 3.07. The smallest absolute Gasteiger partial charge is 0.257 e. The standard InChI is InChI=1S/C20H21N3O2/c1-3-23(4-2)20(25)14-8-7-9-15(12-14)22-19(24)17-13-21-18-11-6-5-10-16(17)18/h5-13,21H,3-4H2,1-2H3,(H,22,24). The molecule has 0 fully saturated rings. The average molecular weight is 335 g/mol. The number of hydrogen-bond donors (Lipinski definition) is 2. The van der Waals surface area contributed by atoms with Crippen molar-refractivity contribution in [3.63, 3.8) is 0 Å². The second kappa shape index (κ2) is 7.21. The predicted molar refractivity (Wildman–Crippen MR) is 99.9 cm³/mol. The predicted octanol–water partition coefficient (Wildman–Crippen LogP) is 3.90. The number of aromatic amines is 1. The minimum Gasteiger partial charge on any atom is -0.360 e. The minimum atomic E-state index is -0.204. The molecule has 0 saturated heterocycles. The van der Waals surface area contributed by atoms with Crippen LogP contribution in [0.3, 0.4) is 0 Å². The van der Waals surface area contributed by atoms with Gasteiger partial charge >= 0.3 is 0 Å². The van der Waals surface area contributed by atoms with Gasteiger partial charge in [-0.2, -0.15) is 0 Å². The van der Waals surface area contributed by atoms with Gasteiger partial charge in [0.15, 0.2) is 0 Å². The van der Waals surface area contributed by atoms with E-state index in [1.54, 1.807) is 35.4 Å². The number of anilines is 1. The van der Waals surface area contributed by atoms with Crippen LogP contribution in [0.5, 0.6) is 0 Å². The normalized spacial score (nSPS) is 10.6. The molecule has 2 amide bonds. The fraction of sp³-hybridized carbons (Fsp3) is 0.200. The fourth-order valence-electron chi connectivity index (χ4n) is 2.88. The molecule has 3 aromatic rings. The number of rotatable bonds is 5. The van der Waals surface area contributed by atoms with E-state index in [0.29, 0.717) is 29.9 Å². The molecule has 0 spiro atoms. The molecule has 25 heavy (non-hydrogen) atoms. The lowest BCUT2D eigenvalue weighted by molar-refractivity contribution is 0.0772. The highest BCUT2D eigenvalue weighted by atomic mass is 16.2. The van der Waals surface area contributed by atoms with Crippen LogP contribution < -0.4 is 5.32 Å². The van der Waals surface area contributed by atoms with Gasteiger partial charge in [0, 0.05) is 41.4 Å². The maximum Gasteiger partial charge on any atom is 0.257 e. The van der Waals surface area contributed by atoms with E-state index in [2.05, 4.69) is 10.3 Å². The number of hydrogen-bond acceptors (Lipinski definition) is 2. The van der Waals surface area contributed by atoms with Crippen LogP contribution in [0.25, 0.3) is 10.9 Å². The highest BCUT2D eigenvalue weighted by molar-refractivity contribution is 6.13. The summed E-state index contributed by atoms with van der Waals surface area (Å²) in [4.78, 5) is 29.9. The Kier molecular flexibility index (Phi) is 4.84. The SMILES string of the molecule is CCN(CC)C(=O)c1cccc(NC(=O)c2c[nH]c3ccccc23)c1. The third-order valence-corrected chi connectivity index (χ3v) is 4.25. The van der Waals surface area contributed by atoms with Crippen molar-refractivity contribution in [2.45, 2.75) is 13.8 Å². The Labute approximate surface area is 146 Å². The molecule has 128 valence electrons. The number of nitrogens with one attached hydrogen (secondary N) is 2. The van der Waals surface area contributed by atoms with Gasteiger partial charge in [-0.15, -0.1) is 0 Å². The summed E-state index contributed by atoms with van der Waals surface area (Å²) >= 11 is 0. The molecule has 0 aliphatic rings. The number of nitrogens with zero attached hydrogens (tertiary/aromatic N) is 1. The Morgan fingerprint density at radius 1 is 1.04 bits per heavy atom. The van der Waals surface area contributed by atoms with Crippen LogP contribution in [0.1, 0.15) is 34.6 Å². The van der Waals surface area contributed by atoms with E-state index in [1.807, 2.05) is 38.1 Å². The first-order chi connectivity index (χ1) is 12.1. The molecule has 1 aromatic heterocycles. The number of H-pyrrole nitrogens is 1. The van der Waals surface area contributed by atoms with Crippen LogP contribution in [0.15, 0.2) is 54.7 Å². The summed E-state index contributed by atoms with van der Waals surface area (Å²) in [6.07, 6.45) is 1.70. The molecule has 0 bridgehead atoms. The van der Waals surface area contributed by atoms with E-state index in [0.717, 1.165) is 10.9 Å². The summed E-state index contributed by atoms with van der Waals surface area (Å²) in [5.74, 6) is -0.238. The van der Waals surface area contributed by atoms with E-state index < -0.39 is 0 Å². The zero-order valence-electron chi connectivity index (χ0n) is 14.4. The number of carbonyl (C=O) groups excluding carboxylic acids is 2. The third-order valence-electron chi connectivity index (χ3n) is 4.25. The van der Waals surface area contributed by atoms with Crippen molar-refractivity contribution in [1.82, 2.24) is 9.88 Å². The van der Waals surface area contributed by atoms with Crippen LogP contribution in [-0.2, 0) is 0 Å². The number of carbonyl (C=O) groups is 2. The summed E-state index contributed by atoms with van der Waals surface area (Å²) in [6, 6.07) is 14.7. The van der Waals surface area contributed by atoms with Crippen LogP contribution >= 0.6 is 0 Å². The highest BCUT2D eigenvalue weighted by Crippen LogP contribution is 2.20.